The largest absolute Gasteiger partial charge is 0.488 e. The number of carboxylic acids is 1. The van der Waals surface area contributed by atoms with Gasteiger partial charge in [0, 0.05) is 28.1 Å². The molecular weight excluding hydrogens is 472 g/mol. The highest BCUT2D eigenvalue weighted by Gasteiger charge is 2.33. The standard InChI is InChI=1S/C25H30N2O5S2/c1-14(2)27(24(29)16-8-6-15(3)7-9-16)17-13-20(34-22(17)25(30)31)19-10-11-21(33-19)26-23(28)18-5-4-12-32-18/h5,10-11,13-16H,4,6-9,12H2,1-3H3,(H,26,28)(H,30,31)/t15-,16-. The summed E-state index contributed by atoms with van der Waals surface area (Å²) in [5, 5.41) is 13.4. The molecule has 0 spiro atoms. The second kappa shape index (κ2) is 10.3. The molecule has 1 aliphatic carbocycles. The van der Waals surface area contributed by atoms with E-state index in [1.54, 1.807) is 23.1 Å². The fourth-order valence-electron chi connectivity index (χ4n) is 4.48. The highest BCUT2D eigenvalue weighted by molar-refractivity contribution is 7.25. The molecule has 0 bridgehead atoms. The summed E-state index contributed by atoms with van der Waals surface area (Å²) in [6, 6.07) is 5.29. The van der Waals surface area contributed by atoms with Crippen molar-refractivity contribution in [3.05, 3.63) is 34.9 Å². The maximum Gasteiger partial charge on any atom is 0.348 e. The fourth-order valence-corrected chi connectivity index (χ4v) is 6.45. The molecule has 0 atom stereocenters. The third-order valence-corrected chi connectivity index (χ3v) is 8.61. The second-order valence-electron chi connectivity index (χ2n) is 9.21. The van der Waals surface area contributed by atoms with E-state index in [0.717, 1.165) is 53.2 Å². The van der Waals surface area contributed by atoms with Crippen molar-refractivity contribution in [2.24, 2.45) is 11.8 Å². The molecule has 2 aromatic heterocycles. The molecule has 182 valence electrons. The summed E-state index contributed by atoms with van der Waals surface area (Å²) >= 11 is 2.52. The van der Waals surface area contributed by atoms with Crippen LogP contribution in [0.2, 0.25) is 0 Å². The Labute approximate surface area is 207 Å². The van der Waals surface area contributed by atoms with Crippen molar-refractivity contribution in [3.8, 4) is 9.75 Å². The molecular formula is C25H30N2O5S2. The minimum absolute atomic E-state index is 0.0118. The Kier molecular flexibility index (Phi) is 7.42. The van der Waals surface area contributed by atoms with Crippen LogP contribution < -0.4 is 10.2 Å². The molecule has 2 aliphatic rings. The molecule has 1 fully saturated rings. The van der Waals surface area contributed by atoms with Gasteiger partial charge < -0.3 is 20.1 Å². The minimum atomic E-state index is -1.04. The van der Waals surface area contributed by atoms with E-state index >= 15 is 0 Å². The Morgan fingerprint density at radius 2 is 1.85 bits per heavy atom. The summed E-state index contributed by atoms with van der Waals surface area (Å²) in [5.74, 6) is -0.439. The third kappa shape index (κ3) is 5.20. The lowest BCUT2D eigenvalue weighted by Gasteiger charge is -2.33. The van der Waals surface area contributed by atoms with E-state index in [9.17, 15) is 19.5 Å². The number of nitrogens with one attached hydrogen (secondary N) is 1. The molecule has 9 heteroatoms. The molecule has 34 heavy (non-hydrogen) atoms. The average Bonchev–Trinajstić information content (AvgIpc) is 3.55. The monoisotopic (exact) mass is 502 g/mol. The molecule has 2 amide bonds. The molecule has 2 aromatic rings. The maximum absolute atomic E-state index is 13.5. The van der Waals surface area contributed by atoms with Gasteiger partial charge in [0.2, 0.25) is 5.91 Å². The Morgan fingerprint density at radius 1 is 1.12 bits per heavy atom. The zero-order valence-corrected chi connectivity index (χ0v) is 21.3. The number of amides is 2. The van der Waals surface area contributed by atoms with Crippen LogP contribution in [0.3, 0.4) is 0 Å². The summed E-state index contributed by atoms with van der Waals surface area (Å²) in [5.41, 5.74) is 0.453. The quantitative estimate of drug-likeness (QED) is 0.485. The lowest BCUT2D eigenvalue weighted by atomic mass is 9.82. The Morgan fingerprint density at radius 3 is 2.47 bits per heavy atom. The molecule has 0 aromatic carbocycles. The van der Waals surface area contributed by atoms with Gasteiger partial charge in [-0.25, -0.2) is 4.79 Å². The number of thiophene rings is 2. The van der Waals surface area contributed by atoms with Crippen molar-refractivity contribution in [3.63, 3.8) is 0 Å². The van der Waals surface area contributed by atoms with Crippen LogP contribution in [0.25, 0.3) is 9.75 Å². The van der Waals surface area contributed by atoms with Gasteiger partial charge in [0.1, 0.15) is 4.88 Å². The number of ether oxygens (including phenoxy) is 1. The second-order valence-corrected chi connectivity index (χ2v) is 11.3. The summed E-state index contributed by atoms with van der Waals surface area (Å²) in [4.78, 5) is 41.3. The van der Waals surface area contributed by atoms with Gasteiger partial charge in [0.25, 0.3) is 5.91 Å². The van der Waals surface area contributed by atoms with E-state index in [1.165, 1.54) is 11.3 Å². The smallest absolute Gasteiger partial charge is 0.348 e. The number of anilines is 2. The Hall–Kier alpha value is -2.65. The lowest BCUT2D eigenvalue weighted by Crippen LogP contribution is -2.42. The molecule has 0 unspecified atom stereocenters. The van der Waals surface area contributed by atoms with Crippen molar-refractivity contribution in [1.82, 2.24) is 0 Å². The minimum Gasteiger partial charge on any atom is -0.488 e. The average molecular weight is 503 g/mol. The van der Waals surface area contributed by atoms with Crippen molar-refractivity contribution in [1.29, 1.82) is 0 Å². The first-order valence-electron chi connectivity index (χ1n) is 11.7. The van der Waals surface area contributed by atoms with E-state index in [0.29, 0.717) is 29.0 Å². The molecule has 0 saturated heterocycles. The van der Waals surface area contributed by atoms with Crippen LogP contribution >= 0.6 is 22.7 Å². The maximum atomic E-state index is 13.5. The zero-order chi connectivity index (χ0) is 24.4. The van der Waals surface area contributed by atoms with Crippen LogP contribution in [0.15, 0.2) is 30.0 Å². The van der Waals surface area contributed by atoms with Gasteiger partial charge in [-0.15, -0.1) is 22.7 Å². The van der Waals surface area contributed by atoms with Crippen molar-refractivity contribution < 1.29 is 24.2 Å². The van der Waals surface area contributed by atoms with Gasteiger partial charge >= 0.3 is 5.97 Å². The van der Waals surface area contributed by atoms with Crippen LogP contribution in [0, 0.1) is 11.8 Å². The first-order valence-corrected chi connectivity index (χ1v) is 13.3. The van der Waals surface area contributed by atoms with Crippen LogP contribution in [0.4, 0.5) is 10.7 Å². The van der Waals surface area contributed by atoms with E-state index in [-0.39, 0.29) is 28.7 Å². The number of hydrogen-bond acceptors (Lipinski definition) is 6. The molecule has 2 N–H and O–H groups in total. The van der Waals surface area contributed by atoms with Crippen LogP contribution in [-0.2, 0) is 14.3 Å². The first-order chi connectivity index (χ1) is 16.2. The van der Waals surface area contributed by atoms with E-state index in [2.05, 4.69) is 12.2 Å². The van der Waals surface area contributed by atoms with Crippen molar-refractivity contribution in [2.45, 2.75) is 58.9 Å². The number of nitrogens with zero attached hydrogens (tertiary/aromatic N) is 1. The Bertz CT molecular complexity index is 1110. The molecule has 0 radical (unpaired) electrons. The number of aromatic carboxylic acids is 1. The number of carboxylic acid groups (broad SMARTS) is 1. The van der Waals surface area contributed by atoms with Gasteiger partial charge in [0.05, 0.1) is 17.3 Å². The summed E-state index contributed by atoms with van der Waals surface area (Å²) in [7, 11) is 0. The van der Waals surface area contributed by atoms with E-state index < -0.39 is 5.97 Å². The van der Waals surface area contributed by atoms with E-state index in [1.807, 2.05) is 19.9 Å². The van der Waals surface area contributed by atoms with Gasteiger partial charge in [-0.1, -0.05) is 6.92 Å². The predicted octanol–water partition coefficient (Wildman–Crippen LogP) is 5.99. The van der Waals surface area contributed by atoms with Gasteiger partial charge in [-0.3, -0.25) is 9.59 Å². The highest BCUT2D eigenvalue weighted by Crippen LogP contribution is 2.42. The summed E-state index contributed by atoms with van der Waals surface area (Å²) in [6.07, 6.45) is 6.22. The fraction of sp³-hybridized carbons (Fsp3) is 0.480. The number of rotatable bonds is 7. The highest BCUT2D eigenvalue weighted by atomic mass is 32.1. The van der Waals surface area contributed by atoms with Crippen molar-refractivity contribution >= 4 is 51.1 Å². The lowest BCUT2D eigenvalue weighted by molar-refractivity contribution is -0.124. The van der Waals surface area contributed by atoms with Gasteiger partial charge in [-0.2, -0.15) is 0 Å². The van der Waals surface area contributed by atoms with Crippen LogP contribution in [-0.4, -0.2) is 35.5 Å². The molecule has 3 heterocycles. The number of carbonyl (C=O) groups is 3. The molecule has 1 aliphatic heterocycles. The predicted molar refractivity (Wildman–Crippen MR) is 136 cm³/mol. The third-order valence-electron chi connectivity index (χ3n) is 6.30. The summed E-state index contributed by atoms with van der Waals surface area (Å²) < 4.78 is 5.30. The Balaban J connectivity index is 1.59. The zero-order valence-electron chi connectivity index (χ0n) is 19.6. The molecule has 4 rings (SSSR count). The van der Waals surface area contributed by atoms with Gasteiger partial charge in [0.15, 0.2) is 5.76 Å². The SMILES string of the molecule is CC(C)N(c1cc(-c2ccc(NC(=O)C3=CCCO3)s2)sc1C(=O)O)C(=O)[C@H]1CC[C@H](C)CC1. The molecule has 1 saturated carbocycles. The summed E-state index contributed by atoms with van der Waals surface area (Å²) in [6.45, 7) is 6.57. The molecule has 7 nitrogen and oxygen atoms in total. The van der Waals surface area contributed by atoms with E-state index in [4.69, 9.17) is 4.74 Å². The van der Waals surface area contributed by atoms with Crippen LogP contribution in [0.1, 0.15) is 62.5 Å². The van der Waals surface area contributed by atoms with Crippen molar-refractivity contribution in [2.75, 3.05) is 16.8 Å². The normalized spacial score (nSPS) is 20.1. The van der Waals surface area contributed by atoms with Crippen LogP contribution in [0.5, 0.6) is 0 Å². The van der Waals surface area contributed by atoms with Gasteiger partial charge in [-0.05, 0) is 69.7 Å². The number of hydrogen-bond donors (Lipinski definition) is 2. The first kappa shape index (κ1) is 24.5. The topological polar surface area (TPSA) is 95.9 Å². The number of carbonyl (C=O) groups excluding carboxylic acids is 2.